The van der Waals surface area contributed by atoms with Crippen molar-refractivity contribution in [1.29, 1.82) is 0 Å². The van der Waals surface area contributed by atoms with Gasteiger partial charge in [-0.2, -0.15) is 0 Å². The van der Waals surface area contributed by atoms with Gasteiger partial charge >= 0.3 is 0 Å². The summed E-state index contributed by atoms with van der Waals surface area (Å²) in [5.74, 6) is 0.881. The van der Waals surface area contributed by atoms with Crippen molar-refractivity contribution >= 4 is 0 Å². The summed E-state index contributed by atoms with van der Waals surface area (Å²) in [5.41, 5.74) is 2.23. The lowest BCUT2D eigenvalue weighted by Crippen LogP contribution is -2.16. The molecule has 18 heavy (non-hydrogen) atoms. The monoisotopic (exact) mass is 242 g/mol. The molecule has 0 aliphatic carbocycles. The molecule has 3 nitrogen and oxygen atoms in total. The molecule has 0 aliphatic rings. The van der Waals surface area contributed by atoms with E-state index in [2.05, 4.69) is 30.7 Å². The Balaban J connectivity index is 2.16. The van der Waals surface area contributed by atoms with Gasteiger partial charge in [-0.1, -0.05) is 32.9 Å². The second-order valence-corrected chi connectivity index (χ2v) is 5.50. The highest BCUT2D eigenvalue weighted by atomic mass is 16.5. The van der Waals surface area contributed by atoms with E-state index >= 15 is 0 Å². The van der Waals surface area contributed by atoms with Gasteiger partial charge in [-0.25, -0.2) is 9.97 Å². The first kappa shape index (κ1) is 12.6. The molecule has 2 rings (SSSR count). The molecule has 0 amide bonds. The third-order valence-electron chi connectivity index (χ3n) is 2.40. The molecule has 0 aliphatic heterocycles. The molecule has 1 aromatic heterocycles. The Kier molecular flexibility index (Phi) is 3.60. The Morgan fingerprint density at radius 3 is 2.44 bits per heavy atom. The van der Waals surface area contributed by atoms with Crippen molar-refractivity contribution in [1.82, 2.24) is 9.97 Å². The van der Waals surface area contributed by atoms with E-state index in [0.29, 0.717) is 6.61 Å². The van der Waals surface area contributed by atoms with Crippen LogP contribution in [0.4, 0.5) is 0 Å². The van der Waals surface area contributed by atoms with Gasteiger partial charge in [-0.05, 0) is 23.1 Å². The molecule has 0 radical (unpaired) electrons. The summed E-state index contributed by atoms with van der Waals surface area (Å²) in [6.07, 6.45) is 5.13. The highest BCUT2D eigenvalue weighted by molar-refractivity contribution is 5.63. The van der Waals surface area contributed by atoms with Crippen LogP contribution in [0.2, 0.25) is 0 Å². The Morgan fingerprint density at radius 1 is 1.06 bits per heavy atom. The molecule has 0 spiro atoms. The molecule has 0 atom stereocenters. The third kappa shape index (κ3) is 3.55. The zero-order valence-electron chi connectivity index (χ0n) is 11.1. The number of ether oxygens (including phenoxy) is 1. The van der Waals surface area contributed by atoms with Gasteiger partial charge in [-0.15, -0.1) is 0 Å². The van der Waals surface area contributed by atoms with E-state index in [9.17, 15) is 0 Å². The minimum atomic E-state index is 0.159. The first-order valence-corrected chi connectivity index (χ1v) is 6.03. The summed E-state index contributed by atoms with van der Waals surface area (Å²) >= 11 is 0. The quantitative estimate of drug-likeness (QED) is 0.825. The summed E-state index contributed by atoms with van der Waals surface area (Å²) < 4.78 is 5.79. The van der Waals surface area contributed by atoms with Crippen molar-refractivity contribution < 1.29 is 4.74 Å². The van der Waals surface area contributed by atoms with E-state index in [0.717, 1.165) is 16.9 Å². The van der Waals surface area contributed by atoms with Crippen LogP contribution < -0.4 is 4.74 Å². The lowest BCUT2D eigenvalue weighted by molar-refractivity contribution is 0.198. The Hall–Kier alpha value is -1.90. The molecule has 0 saturated carbocycles. The van der Waals surface area contributed by atoms with E-state index < -0.39 is 0 Å². The van der Waals surface area contributed by atoms with E-state index in [1.807, 2.05) is 24.3 Å². The fraction of sp³-hybridized carbons (Fsp3) is 0.333. The fourth-order valence-corrected chi connectivity index (χ4v) is 1.51. The van der Waals surface area contributed by atoms with Gasteiger partial charge in [0, 0.05) is 18.0 Å². The van der Waals surface area contributed by atoms with Crippen molar-refractivity contribution in [3.05, 3.63) is 43.0 Å². The van der Waals surface area contributed by atoms with Crippen molar-refractivity contribution in [3.63, 3.8) is 0 Å². The largest absolute Gasteiger partial charge is 0.493 e. The molecule has 0 bridgehead atoms. The van der Waals surface area contributed by atoms with Crippen LogP contribution in [0.1, 0.15) is 20.8 Å². The minimum Gasteiger partial charge on any atom is -0.493 e. The summed E-state index contributed by atoms with van der Waals surface area (Å²) in [6, 6.07) is 8.01. The van der Waals surface area contributed by atoms with Crippen LogP contribution in [-0.4, -0.2) is 16.6 Å². The maximum absolute atomic E-state index is 5.79. The Bertz CT molecular complexity index is 503. The second kappa shape index (κ2) is 5.17. The lowest BCUT2D eigenvalue weighted by Gasteiger charge is -2.19. The van der Waals surface area contributed by atoms with Crippen LogP contribution in [0.15, 0.2) is 43.0 Å². The van der Waals surface area contributed by atoms with E-state index in [1.54, 1.807) is 12.4 Å². The zero-order chi connectivity index (χ0) is 13.0. The van der Waals surface area contributed by atoms with Crippen LogP contribution >= 0.6 is 0 Å². The Labute approximate surface area is 108 Å². The average Bonchev–Trinajstić information content (AvgIpc) is 2.37. The summed E-state index contributed by atoms with van der Waals surface area (Å²) in [7, 11) is 0. The predicted octanol–water partition coefficient (Wildman–Crippen LogP) is 3.57. The highest BCUT2D eigenvalue weighted by Crippen LogP contribution is 2.24. The smallest absolute Gasteiger partial charge is 0.119 e. The van der Waals surface area contributed by atoms with Crippen LogP contribution in [0, 0.1) is 5.41 Å². The molecular formula is C15H18N2O. The molecule has 1 heterocycles. The number of benzene rings is 1. The van der Waals surface area contributed by atoms with E-state index in [1.165, 1.54) is 6.33 Å². The topological polar surface area (TPSA) is 35.0 Å². The number of aromatic nitrogens is 2. The molecule has 94 valence electrons. The van der Waals surface area contributed by atoms with E-state index in [-0.39, 0.29) is 5.41 Å². The van der Waals surface area contributed by atoms with Gasteiger partial charge in [0.2, 0.25) is 0 Å². The highest BCUT2D eigenvalue weighted by Gasteiger charge is 2.11. The van der Waals surface area contributed by atoms with Crippen LogP contribution in [0.5, 0.6) is 5.75 Å². The van der Waals surface area contributed by atoms with Crippen LogP contribution in [-0.2, 0) is 0 Å². The molecule has 3 heteroatoms. The summed E-state index contributed by atoms with van der Waals surface area (Å²) in [4.78, 5) is 8.05. The molecule has 2 aromatic rings. The van der Waals surface area contributed by atoms with Crippen LogP contribution in [0.3, 0.4) is 0 Å². The molecule has 0 fully saturated rings. The van der Waals surface area contributed by atoms with Gasteiger partial charge in [0.05, 0.1) is 6.61 Å². The van der Waals surface area contributed by atoms with Crippen LogP contribution in [0.25, 0.3) is 11.1 Å². The lowest BCUT2D eigenvalue weighted by atomic mass is 9.99. The maximum atomic E-state index is 5.79. The first-order valence-electron chi connectivity index (χ1n) is 6.03. The molecular weight excluding hydrogens is 224 g/mol. The van der Waals surface area contributed by atoms with Crippen molar-refractivity contribution in [2.24, 2.45) is 5.41 Å². The van der Waals surface area contributed by atoms with Gasteiger partial charge < -0.3 is 4.74 Å². The number of hydrogen-bond donors (Lipinski definition) is 0. The van der Waals surface area contributed by atoms with Gasteiger partial charge in [0.15, 0.2) is 0 Å². The molecule has 1 aromatic carbocycles. The zero-order valence-corrected chi connectivity index (χ0v) is 11.1. The fourth-order valence-electron chi connectivity index (χ4n) is 1.51. The average molecular weight is 242 g/mol. The standard InChI is InChI=1S/C15H18N2O/c1-15(2,3)10-18-14-6-4-5-12(7-14)13-8-16-11-17-9-13/h4-9,11H,10H2,1-3H3. The molecule has 0 saturated heterocycles. The summed E-state index contributed by atoms with van der Waals surface area (Å²) in [6.45, 7) is 7.16. The third-order valence-corrected chi connectivity index (χ3v) is 2.40. The van der Waals surface area contributed by atoms with Gasteiger partial charge in [0.25, 0.3) is 0 Å². The SMILES string of the molecule is CC(C)(C)COc1cccc(-c2cncnc2)c1. The summed E-state index contributed by atoms with van der Waals surface area (Å²) in [5, 5.41) is 0. The number of rotatable bonds is 3. The number of hydrogen-bond acceptors (Lipinski definition) is 3. The van der Waals surface area contributed by atoms with Gasteiger partial charge in [0.1, 0.15) is 12.1 Å². The predicted molar refractivity (Wildman–Crippen MR) is 72.4 cm³/mol. The van der Waals surface area contributed by atoms with Crippen molar-refractivity contribution in [2.45, 2.75) is 20.8 Å². The van der Waals surface area contributed by atoms with Gasteiger partial charge in [-0.3, -0.25) is 0 Å². The minimum absolute atomic E-state index is 0.159. The normalized spacial score (nSPS) is 11.3. The van der Waals surface area contributed by atoms with Crippen molar-refractivity contribution in [3.8, 4) is 16.9 Å². The number of nitrogens with zero attached hydrogens (tertiary/aromatic N) is 2. The van der Waals surface area contributed by atoms with E-state index in [4.69, 9.17) is 4.74 Å². The first-order chi connectivity index (χ1) is 8.54. The maximum Gasteiger partial charge on any atom is 0.119 e. The molecule has 0 N–H and O–H groups in total. The molecule has 0 unspecified atom stereocenters. The van der Waals surface area contributed by atoms with Crippen molar-refractivity contribution in [2.75, 3.05) is 6.61 Å². The second-order valence-electron chi connectivity index (χ2n) is 5.50. The Morgan fingerprint density at radius 2 is 1.78 bits per heavy atom.